The van der Waals surface area contributed by atoms with Crippen molar-refractivity contribution in [3.63, 3.8) is 0 Å². The van der Waals surface area contributed by atoms with Crippen LogP contribution in [0.2, 0.25) is 0 Å². The number of halogens is 1. The summed E-state index contributed by atoms with van der Waals surface area (Å²) >= 11 is 0. The van der Waals surface area contributed by atoms with E-state index in [0.29, 0.717) is 11.3 Å². The van der Waals surface area contributed by atoms with Gasteiger partial charge in [0.15, 0.2) is 6.29 Å². The van der Waals surface area contributed by atoms with Gasteiger partial charge in [0, 0.05) is 11.5 Å². The summed E-state index contributed by atoms with van der Waals surface area (Å²) in [6, 6.07) is 6.54. The zero-order chi connectivity index (χ0) is 20.5. The monoisotopic (exact) mass is 404 g/mol. The minimum absolute atomic E-state index is 0.214. The van der Waals surface area contributed by atoms with Crippen molar-refractivity contribution in [2.75, 3.05) is 13.2 Å². The number of hydrogen-bond donors (Lipinski definition) is 0. The van der Waals surface area contributed by atoms with E-state index in [4.69, 9.17) is 9.47 Å². The van der Waals surface area contributed by atoms with Gasteiger partial charge in [0.2, 0.25) is 0 Å². The summed E-state index contributed by atoms with van der Waals surface area (Å²) in [7, 11) is 0. The largest absolute Gasteiger partial charge is 0.348 e. The van der Waals surface area contributed by atoms with Crippen molar-refractivity contribution in [3.8, 4) is 0 Å². The second kappa shape index (κ2) is 11.5. The Labute approximate surface area is 177 Å². The van der Waals surface area contributed by atoms with Crippen LogP contribution in [-0.2, 0) is 9.47 Å². The van der Waals surface area contributed by atoms with Crippen LogP contribution in [0.15, 0.2) is 24.3 Å². The Kier molecular flexibility index (Phi) is 8.99. The topological polar surface area (TPSA) is 18.5 Å². The first kappa shape index (κ1) is 22.7. The van der Waals surface area contributed by atoms with E-state index >= 15 is 0 Å². The third kappa shape index (κ3) is 5.82. The van der Waals surface area contributed by atoms with Gasteiger partial charge in [0.05, 0.1) is 13.2 Å². The predicted molar refractivity (Wildman–Crippen MR) is 117 cm³/mol. The molecule has 1 aliphatic heterocycles. The fraction of sp³-hybridized carbons (Fsp3) is 0.769. The number of benzene rings is 1. The molecule has 2 aliphatic rings. The average Bonchev–Trinajstić information content (AvgIpc) is 2.77. The van der Waals surface area contributed by atoms with Crippen molar-refractivity contribution >= 4 is 0 Å². The summed E-state index contributed by atoms with van der Waals surface area (Å²) in [6.45, 7) is 6.18. The highest BCUT2D eigenvalue weighted by Gasteiger charge is 2.46. The first-order chi connectivity index (χ1) is 14.2. The molecule has 2 nitrogen and oxygen atoms in total. The van der Waals surface area contributed by atoms with E-state index in [1.54, 1.807) is 12.1 Å². The highest BCUT2D eigenvalue weighted by atomic mass is 19.1. The van der Waals surface area contributed by atoms with Crippen LogP contribution in [0, 0.1) is 23.1 Å². The van der Waals surface area contributed by atoms with Crippen molar-refractivity contribution in [1.29, 1.82) is 0 Å². The molecular formula is C26H41FO2. The second-order valence-corrected chi connectivity index (χ2v) is 9.38. The summed E-state index contributed by atoms with van der Waals surface area (Å²) in [5.74, 6) is 1.07. The molecule has 1 saturated heterocycles. The maximum atomic E-state index is 13.2. The third-order valence-electron chi connectivity index (χ3n) is 7.49. The summed E-state index contributed by atoms with van der Waals surface area (Å²) < 4.78 is 25.7. The molecule has 0 spiro atoms. The van der Waals surface area contributed by atoms with Crippen LogP contribution in [-0.4, -0.2) is 13.2 Å². The maximum absolute atomic E-state index is 13.2. The van der Waals surface area contributed by atoms with E-state index in [1.807, 2.05) is 0 Å². The molecule has 29 heavy (non-hydrogen) atoms. The van der Waals surface area contributed by atoms with Crippen molar-refractivity contribution in [2.24, 2.45) is 17.3 Å². The van der Waals surface area contributed by atoms with Crippen LogP contribution in [0.4, 0.5) is 4.39 Å². The highest BCUT2D eigenvalue weighted by Crippen LogP contribution is 2.53. The Morgan fingerprint density at radius 3 is 2.21 bits per heavy atom. The van der Waals surface area contributed by atoms with Gasteiger partial charge in [0.1, 0.15) is 5.82 Å². The molecule has 3 heteroatoms. The molecule has 0 radical (unpaired) electrons. The maximum Gasteiger partial charge on any atom is 0.183 e. The lowest BCUT2D eigenvalue weighted by molar-refractivity contribution is -0.233. The fourth-order valence-corrected chi connectivity index (χ4v) is 5.89. The molecule has 0 bridgehead atoms. The van der Waals surface area contributed by atoms with Gasteiger partial charge >= 0.3 is 0 Å². The van der Waals surface area contributed by atoms with Gasteiger partial charge in [-0.1, -0.05) is 83.8 Å². The molecular weight excluding hydrogens is 363 g/mol. The molecule has 3 rings (SSSR count). The number of unbranched alkanes of at least 4 members (excludes halogenated alkanes) is 3. The Morgan fingerprint density at radius 2 is 1.59 bits per heavy atom. The van der Waals surface area contributed by atoms with Gasteiger partial charge in [-0.3, -0.25) is 0 Å². The first-order valence-electron chi connectivity index (χ1n) is 12.2. The van der Waals surface area contributed by atoms with Crippen LogP contribution in [0.3, 0.4) is 0 Å². The van der Waals surface area contributed by atoms with Crippen molar-refractivity contribution in [1.82, 2.24) is 0 Å². The highest BCUT2D eigenvalue weighted by molar-refractivity contribution is 5.17. The standard InChI is InChI=1S/C26H41FO2/c1-3-5-6-8-12-22(11-4-2)26(17-9-7-10-18-26)23-19-28-25(29-20-23)21-13-15-24(27)16-14-21/h13-16,22-23,25H,3-12,17-20H2,1-2H3. The van der Waals surface area contributed by atoms with Crippen LogP contribution in [0.25, 0.3) is 0 Å². The van der Waals surface area contributed by atoms with E-state index in [1.165, 1.54) is 89.2 Å². The molecule has 1 atom stereocenters. The second-order valence-electron chi connectivity index (χ2n) is 9.38. The molecule has 1 aliphatic carbocycles. The van der Waals surface area contributed by atoms with E-state index in [9.17, 15) is 4.39 Å². The molecule has 2 fully saturated rings. The minimum atomic E-state index is -0.346. The minimum Gasteiger partial charge on any atom is -0.348 e. The fourth-order valence-electron chi connectivity index (χ4n) is 5.89. The van der Waals surface area contributed by atoms with Crippen molar-refractivity contribution in [2.45, 2.75) is 97.2 Å². The molecule has 0 aromatic heterocycles. The Hall–Kier alpha value is -0.930. The Balaban J connectivity index is 1.67. The first-order valence-corrected chi connectivity index (χ1v) is 12.2. The zero-order valence-corrected chi connectivity index (χ0v) is 18.6. The molecule has 1 aromatic carbocycles. The van der Waals surface area contributed by atoms with E-state index in [-0.39, 0.29) is 12.1 Å². The van der Waals surface area contributed by atoms with Gasteiger partial charge in [-0.25, -0.2) is 4.39 Å². The summed E-state index contributed by atoms with van der Waals surface area (Å²) in [6.07, 6.45) is 15.8. The van der Waals surface area contributed by atoms with Crippen molar-refractivity contribution < 1.29 is 13.9 Å². The molecule has 1 aromatic rings. The summed E-state index contributed by atoms with van der Waals surface area (Å²) in [5.41, 5.74) is 1.31. The molecule has 164 valence electrons. The molecule has 1 saturated carbocycles. The van der Waals surface area contributed by atoms with E-state index in [0.717, 1.165) is 24.7 Å². The van der Waals surface area contributed by atoms with Gasteiger partial charge in [-0.05, 0) is 42.7 Å². The smallest absolute Gasteiger partial charge is 0.183 e. The normalized spacial score (nSPS) is 25.6. The number of hydrogen-bond acceptors (Lipinski definition) is 2. The predicted octanol–water partition coefficient (Wildman–Crippen LogP) is 7.82. The van der Waals surface area contributed by atoms with Gasteiger partial charge < -0.3 is 9.47 Å². The zero-order valence-electron chi connectivity index (χ0n) is 18.6. The lowest BCUT2D eigenvalue weighted by Crippen LogP contribution is -2.46. The lowest BCUT2D eigenvalue weighted by atomic mass is 9.57. The van der Waals surface area contributed by atoms with E-state index < -0.39 is 0 Å². The quantitative estimate of drug-likeness (QED) is 0.370. The third-order valence-corrected chi connectivity index (χ3v) is 7.49. The van der Waals surface area contributed by atoms with E-state index in [2.05, 4.69) is 13.8 Å². The molecule has 0 amide bonds. The lowest BCUT2D eigenvalue weighted by Gasteiger charge is -2.51. The molecule has 1 heterocycles. The summed E-state index contributed by atoms with van der Waals surface area (Å²) in [4.78, 5) is 0. The van der Waals surface area contributed by atoms with Gasteiger partial charge in [-0.2, -0.15) is 0 Å². The van der Waals surface area contributed by atoms with Gasteiger partial charge in [-0.15, -0.1) is 0 Å². The Morgan fingerprint density at radius 1 is 0.897 bits per heavy atom. The summed E-state index contributed by atoms with van der Waals surface area (Å²) in [5, 5.41) is 0. The SMILES string of the molecule is CCCCCCC(CCC)C1(C2COC(c3ccc(F)cc3)OC2)CCCCC1. The average molecular weight is 405 g/mol. The number of ether oxygens (including phenoxy) is 2. The number of rotatable bonds is 10. The molecule has 0 N–H and O–H groups in total. The Bertz CT molecular complexity index is 571. The van der Waals surface area contributed by atoms with Crippen LogP contribution in [0.5, 0.6) is 0 Å². The molecule has 1 unspecified atom stereocenters. The van der Waals surface area contributed by atoms with Crippen molar-refractivity contribution in [3.05, 3.63) is 35.6 Å². The van der Waals surface area contributed by atoms with Gasteiger partial charge in [0.25, 0.3) is 0 Å². The van der Waals surface area contributed by atoms with Crippen LogP contribution in [0.1, 0.15) is 103 Å². The van der Waals surface area contributed by atoms with Crippen LogP contribution < -0.4 is 0 Å². The van der Waals surface area contributed by atoms with Crippen LogP contribution >= 0.6 is 0 Å².